The lowest BCUT2D eigenvalue weighted by Gasteiger charge is -1.95. The molecule has 0 aliphatic rings. The van der Waals surface area contributed by atoms with Gasteiger partial charge >= 0.3 is 0 Å². The Labute approximate surface area is 113 Å². The first-order chi connectivity index (χ1) is 8.49. The molecule has 6 nitrogen and oxygen atoms in total. The molecule has 1 aromatic carbocycles. The molecule has 0 aliphatic carbocycles. The van der Waals surface area contributed by atoms with Crippen LogP contribution in [0.3, 0.4) is 0 Å². The van der Waals surface area contributed by atoms with Gasteiger partial charge in [-0.05, 0) is 36.0 Å². The summed E-state index contributed by atoms with van der Waals surface area (Å²) in [6, 6.07) is 5.94. The highest BCUT2D eigenvalue weighted by molar-refractivity contribution is 7.80. The number of allylic oxidation sites excluding steroid dienone is 1. The number of nitro benzene ring substituents is 1. The standard InChI is InChI=1S/C10H9ClN4O2S/c11-8(6-13-14-10(12)18)5-7-1-3-9(4-2-7)15(16)17/h1-6H,(H3,12,14,18)/b8-5+,13-6?. The van der Waals surface area contributed by atoms with Gasteiger partial charge in [-0.15, -0.1) is 0 Å². The molecule has 0 aromatic heterocycles. The zero-order chi connectivity index (χ0) is 13.5. The minimum absolute atomic E-state index is 0.0205. The second-order valence-electron chi connectivity index (χ2n) is 3.11. The number of nitrogens with two attached hydrogens (primary N) is 1. The van der Waals surface area contributed by atoms with E-state index in [-0.39, 0.29) is 10.8 Å². The molecule has 0 saturated heterocycles. The van der Waals surface area contributed by atoms with Crippen molar-refractivity contribution in [1.29, 1.82) is 0 Å². The van der Waals surface area contributed by atoms with E-state index in [4.69, 9.17) is 17.3 Å². The van der Waals surface area contributed by atoms with Gasteiger partial charge in [-0.25, -0.2) is 0 Å². The molecule has 0 atom stereocenters. The zero-order valence-electron chi connectivity index (χ0n) is 9.04. The van der Waals surface area contributed by atoms with Crippen molar-refractivity contribution in [3.8, 4) is 0 Å². The fourth-order valence-electron chi connectivity index (χ4n) is 1.05. The van der Waals surface area contributed by atoms with Crippen molar-refractivity contribution in [3.05, 3.63) is 45.0 Å². The Hall–Kier alpha value is -1.99. The zero-order valence-corrected chi connectivity index (χ0v) is 10.6. The number of nitrogens with zero attached hydrogens (tertiary/aromatic N) is 2. The van der Waals surface area contributed by atoms with E-state index >= 15 is 0 Å². The summed E-state index contributed by atoms with van der Waals surface area (Å²) in [6.45, 7) is 0. The number of nitro groups is 1. The Morgan fingerprint density at radius 3 is 2.61 bits per heavy atom. The molecule has 18 heavy (non-hydrogen) atoms. The molecule has 0 saturated carbocycles. The average molecular weight is 285 g/mol. The molecule has 3 N–H and O–H groups in total. The predicted molar refractivity (Wildman–Crippen MR) is 75.3 cm³/mol. The number of hydrazone groups is 1. The third-order valence-corrected chi connectivity index (χ3v) is 2.07. The Bertz CT molecular complexity index is 513. The molecule has 94 valence electrons. The van der Waals surface area contributed by atoms with Crippen molar-refractivity contribution >= 4 is 46.9 Å². The Morgan fingerprint density at radius 1 is 1.50 bits per heavy atom. The van der Waals surface area contributed by atoms with E-state index in [1.807, 2.05) is 0 Å². The lowest BCUT2D eigenvalue weighted by molar-refractivity contribution is -0.384. The molecule has 0 radical (unpaired) electrons. The van der Waals surface area contributed by atoms with Crippen LogP contribution in [-0.4, -0.2) is 16.3 Å². The maximum atomic E-state index is 10.5. The van der Waals surface area contributed by atoms with Crippen LogP contribution in [0, 0.1) is 10.1 Å². The summed E-state index contributed by atoms with van der Waals surface area (Å²) in [6.07, 6.45) is 2.91. The van der Waals surface area contributed by atoms with Gasteiger partial charge in [0.25, 0.3) is 5.69 Å². The van der Waals surface area contributed by atoms with Crippen molar-refractivity contribution in [2.75, 3.05) is 0 Å². The summed E-state index contributed by atoms with van der Waals surface area (Å²) < 4.78 is 0. The maximum absolute atomic E-state index is 10.5. The van der Waals surface area contributed by atoms with Gasteiger partial charge in [0, 0.05) is 12.1 Å². The molecule has 0 heterocycles. The van der Waals surface area contributed by atoms with Crippen molar-refractivity contribution in [3.63, 3.8) is 0 Å². The first-order valence-corrected chi connectivity index (χ1v) is 5.48. The van der Waals surface area contributed by atoms with E-state index in [1.54, 1.807) is 18.2 Å². The fourth-order valence-corrected chi connectivity index (χ4v) is 1.27. The first kappa shape index (κ1) is 14.1. The maximum Gasteiger partial charge on any atom is 0.269 e. The van der Waals surface area contributed by atoms with Crippen LogP contribution in [0.25, 0.3) is 6.08 Å². The largest absolute Gasteiger partial charge is 0.375 e. The van der Waals surface area contributed by atoms with Crippen LogP contribution in [0.4, 0.5) is 5.69 Å². The van der Waals surface area contributed by atoms with Gasteiger partial charge in [0.15, 0.2) is 5.11 Å². The van der Waals surface area contributed by atoms with Crippen LogP contribution < -0.4 is 11.2 Å². The lowest BCUT2D eigenvalue weighted by atomic mass is 10.2. The van der Waals surface area contributed by atoms with Gasteiger partial charge in [0.1, 0.15) is 0 Å². The summed E-state index contributed by atoms with van der Waals surface area (Å²) in [7, 11) is 0. The van der Waals surface area contributed by atoms with Gasteiger partial charge < -0.3 is 5.73 Å². The fraction of sp³-hybridized carbons (Fsp3) is 0. The molecule has 0 spiro atoms. The Morgan fingerprint density at radius 2 is 2.11 bits per heavy atom. The van der Waals surface area contributed by atoms with E-state index < -0.39 is 4.92 Å². The second-order valence-corrected chi connectivity index (χ2v) is 3.99. The minimum Gasteiger partial charge on any atom is -0.375 e. The van der Waals surface area contributed by atoms with E-state index in [1.165, 1.54) is 18.3 Å². The highest BCUT2D eigenvalue weighted by Crippen LogP contribution is 2.14. The second kappa shape index (κ2) is 6.67. The predicted octanol–water partition coefficient (Wildman–Crippen LogP) is 1.99. The van der Waals surface area contributed by atoms with Crippen molar-refractivity contribution in [2.24, 2.45) is 10.8 Å². The first-order valence-electron chi connectivity index (χ1n) is 4.69. The molecular weight excluding hydrogens is 276 g/mol. The SMILES string of the molecule is NC(=S)NN=C/C(Cl)=C\c1ccc([N+](=O)[O-])cc1. The Balaban J connectivity index is 2.73. The highest BCUT2D eigenvalue weighted by atomic mass is 35.5. The number of non-ortho nitro benzene ring substituents is 1. The van der Waals surface area contributed by atoms with Gasteiger partial charge in [-0.3, -0.25) is 15.5 Å². The third kappa shape index (κ3) is 4.89. The van der Waals surface area contributed by atoms with Crippen molar-refractivity contribution in [1.82, 2.24) is 5.43 Å². The quantitative estimate of drug-likeness (QED) is 0.382. The van der Waals surface area contributed by atoms with Crippen LogP contribution in [0.5, 0.6) is 0 Å². The molecule has 0 aliphatic heterocycles. The molecule has 0 amide bonds. The molecular formula is C10H9ClN4O2S. The minimum atomic E-state index is -0.470. The van der Waals surface area contributed by atoms with Crippen molar-refractivity contribution in [2.45, 2.75) is 0 Å². The van der Waals surface area contributed by atoms with Crippen LogP contribution >= 0.6 is 23.8 Å². The molecule has 0 unspecified atom stereocenters. The van der Waals surface area contributed by atoms with Crippen LogP contribution in [-0.2, 0) is 0 Å². The van der Waals surface area contributed by atoms with Crippen LogP contribution in [0.15, 0.2) is 34.4 Å². The van der Waals surface area contributed by atoms with Gasteiger partial charge in [-0.1, -0.05) is 11.6 Å². The van der Waals surface area contributed by atoms with E-state index in [0.717, 1.165) is 0 Å². The lowest BCUT2D eigenvalue weighted by Crippen LogP contribution is -2.23. The number of thiocarbonyl (C=S) groups is 1. The number of rotatable bonds is 4. The molecule has 1 aromatic rings. The smallest absolute Gasteiger partial charge is 0.269 e. The number of hydrogen-bond acceptors (Lipinski definition) is 4. The highest BCUT2D eigenvalue weighted by Gasteiger charge is 2.02. The average Bonchev–Trinajstić information content (AvgIpc) is 2.29. The Kier molecular flexibility index (Phi) is 5.22. The number of halogens is 1. The molecule has 0 fully saturated rings. The number of nitrogens with one attached hydrogen (secondary N) is 1. The number of benzene rings is 1. The van der Waals surface area contributed by atoms with E-state index in [2.05, 4.69) is 22.7 Å². The summed E-state index contributed by atoms with van der Waals surface area (Å²) in [5, 5.41) is 14.5. The van der Waals surface area contributed by atoms with E-state index in [0.29, 0.717) is 10.6 Å². The van der Waals surface area contributed by atoms with Gasteiger partial charge in [0.05, 0.1) is 16.2 Å². The monoisotopic (exact) mass is 284 g/mol. The van der Waals surface area contributed by atoms with Crippen molar-refractivity contribution < 1.29 is 4.92 Å². The molecule has 0 bridgehead atoms. The number of hydrogen-bond donors (Lipinski definition) is 2. The normalized spacial score (nSPS) is 11.5. The summed E-state index contributed by atoms with van der Waals surface area (Å²) in [5.74, 6) is 0. The summed E-state index contributed by atoms with van der Waals surface area (Å²) in [5.41, 5.74) is 8.24. The topological polar surface area (TPSA) is 93.5 Å². The van der Waals surface area contributed by atoms with Crippen LogP contribution in [0.2, 0.25) is 0 Å². The molecule has 1 rings (SSSR count). The van der Waals surface area contributed by atoms with E-state index in [9.17, 15) is 10.1 Å². The van der Waals surface area contributed by atoms with Gasteiger partial charge in [-0.2, -0.15) is 5.10 Å². The third-order valence-electron chi connectivity index (χ3n) is 1.77. The summed E-state index contributed by atoms with van der Waals surface area (Å²) >= 11 is 10.4. The molecule has 8 heteroatoms. The van der Waals surface area contributed by atoms with Crippen LogP contribution in [0.1, 0.15) is 5.56 Å². The summed E-state index contributed by atoms with van der Waals surface area (Å²) in [4.78, 5) is 9.98. The van der Waals surface area contributed by atoms with Gasteiger partial charge in [0.2, 0.25) is 0 Å².